The van der Waals surface area contributed by atoms with E-state index in [1.807, 2.05) is 56.3 Å². The zero-order valence-electron chi connectivity index (χ0n) is 15.4. The molecule has 140 valence electrons. The maximum atomic E-state index is 12.3. The Kier molecular flexibility index (Phi) is 5.54. The number of aryl methyl sites for hydroxylation is 2. The molecule has 3 rings (SSSR count). The van der Waals surface area contributed by atoms with Gasteiger partial charge in [0.25, 0.3) is 5.91 Å². The molecule has 0 radical (unpaired) electrons. The highest BCUT2D eigenvalue weighted by Gasteiger charge is 2.36. The number of carbonyl (C=O) groups is 3. The first-order valence-corrected chi connectivity index (χ1v) is 8.82. The predicted molar refractivity (Wildman–Crippen MR) is 102 cm³/mol. The molecule has 1 aliphatic heterocycles. The Hall–Kier alpha value is -3.15. The summed E-state index contributed by atoms with van der Waals surface area (Å²) in [5.74, 6) is -1.62. The molecule has 0 aliphatic carbocycles. The summed E-state index contributed by atoms with van der Waals surface area (Å²) in [6, 6.07) is 14.9. The van der Waals surface area contributed by atoms with E-state index in [1.54, 1.807) is 11.0 Å². The molecule has 2 amide bonds. The quantitative estimate of drug-likeness (QED) is 0.826. The number of hydrogen-bond acceptors (Lipinski definition) is 4. The molecule has 0 bridgehead atoms. The van der Waals surface area contributed by atoms with E-state index in [9.17, 15) is 14.4 Å². The fourth-order valence-corrected chi connectivity index (χ4v) is 3.09. The monoisotopic (exact) mass is 366 g/mol. The molecule has 1 heterocycles. The summed E-state index contributed by atoms with van der Waals surface area (Å²) >= 11 is 0. The van der Waals surface area contributed by atoms with Crippen LogP contribution >= 0.6 is 0 Å². The van der Waals surface area contributed by atoms with Gasteiger partial charge in [0.1, 0.15) is 0 Å². The average molecular weight is 366 g/mol. The van der Waals surface area contributed by atoms with Crippen LogP contribution in [0.5, 0.6) is 0 Å². The maximum absolute atomic E-state index is 12.3. The number of amides is 2. The standard InChI is InChI=1S/C21H22N2O4/c1-14-5-3-7-17(9-14)22-19(24)13-27-21(26)16-11-20(25)23(12-16)18-8-4-6-15(2)10-18/h3-10,16H,11-13H2,1-2H3,(H,22,24)/t16-/m1/s1. The molecule has 6 nitrogen and oxygen atoms in total. The van der Waals surface area contributed by atoms with E-state index in [-0.39, 0.29) is 25.5 Å². The van der Waals surface area contributed by atoms with E-state index in [0.29, 0.717) is 5.69 Å². The van der Waals surface area contributed by atoms with Gasteiger partial charge in [-0.15, -0.1) is 0 Å². The van der Waals surface area contributed by atoms with Crippen molar-refractivity contribution in [3.63, 3.8) is 0 Å². The van der Waals surface area contributed by atoms with Gasteiger partial charge >= 0.3 is 5.97 Å². The third-order valence-electron chi connectivity index (χ3n) is 4.42. The van der Waals surface area contributed by atoms with Gasteiger partial charge in [-0.1, -0.05) is 24.3 Å². The summed E-state index contributed by atoms with van der Waals surface area (Å²) in [5, 5.41) is 2.68. The molecular formula is C21H22N2O4. The fraction of sp³-hybridized carbons (Fsp3) is 0.286. The van der Waals surface area contributed by atoms with E-state index in [0.717, 1.165) is 16.8 Å². The minimum absolute atomic E-state index is 0.0896. The lowest BCUT2D eigenvalue weighted by atomic mass is 10.1. The zero-order chi connectivity index (χ0) is 19.4. The Bertz CT molecular complexity index is 878. The summed E-state index contributed by atoms with van der Waals surface area (Å²) < 4.78 is 5.12. The lowest BCUT2D eigenvalue weighted by Crippen LogP contribution is -2.28. The average Bonchev–Trinajstić information content (AvgIpc) is 3.01. The summed E-state index contributed by atoms with van der Waals surface area (Å²) in [4.78, 5) is 38.1. The van der Waals surface area contributed by atoms with Crippen molar-refractivity contribution in [2.45, 2.75) is 20.3 Å². The molecule has 1 N–H and O–H groups in total. The number of carbonyl (C=O) groups excluding carboxylic acids is 3. The van der Waals surface area contributed by atoms with E-state index >= 15 is 0 Å². The van der Waals surface area contributed by atoms with Gasteiger partial charge in [0.05, 0.1) is 5.92 Å². The van der Waals surface area contributed by atoms with Crippen molar-refractivity contribution in [3.05, 3.63) is 59.7 Å². The topological polar surface area (TPSA) is 75.7 Å². The van der Waals surface area contributed by atoms with Gasteiger partial charge in [-0.25, -0.2) is 0 Å². The van der Waals surface area contributed by atoms with Crippen LogP contribution < -0.4 is 10.2 Å². The van der Waals surface area contributed by atoms with Gasteiger partial charge in [0.15, 0.2) is 6.61 Å². The van der Waals surface area contributed by atoms with Crippen molar-refractivity contribution in [2.24, 2.45) is 5.92 Å². The van der Waals surface area contributed by atoms with Crippen LogP contribution in [0, 0.1) is 19.8 Å². The van der Waals surface area contributed by atoms with Crippen molar-refractivity contribution in [3.8, 4) is 0 Å². The number of ether oxygens (including phenoxy) is 1. The number of benzene rings is 2. The van der Waals surface area contributed by atoms with Crippen molar-refractivity contribution in [2.75, 3.05) is 23.4 Å². The number of nitrogens with zero attached hydrogens (tertiary/aromatic N) is 1. The van der Waals surface area contributed by atoms with Gasteiger partial charge in [0.2, 0.25) is 5.91 Å². The Labute approximate surface area is 158 Å². The van der Waals surface area contributed by atoms with Crippen LogP contribution in [0.1, 0.15) is 17.5 Å². The third-order valence-corrected chi connectivity index (χ3v) is 4.42. The molecule has 0 spiro atoms. The molecule has 0 unspecified atom stereocenters. The molecule has 1 aliphatic rings. The largest absolute Gasteiger partial charge is 0.455 e. The number of nitrogens with one attached hydrogen (secondary N) is 1. The fourth-order valence-electron chi connectivity index (χ4n) is 3.09. The summed E-state index contributed by atoms with van der Waals surface area (Å²) in [6.45, 7) is 3.76. The van der Waals surface area contributed by atoms with Crippen LogP contribution in [-0.4, -0.2) is 30.9 Å². The van der Waals surface area contributed by atoms with Crippen molar-refractivity contribution >= 4 is 29.2 Å². The molecule has 2 aromatic rings. The molecule has 1 saturated heterocycles. The Balaban J connectivity index is 1.52. The Morgan fingerprint density at radius 3 is 2.52 bits per heavy atom. The van der Waals surface area contributed by atoms with Crippen LogP contribution in [0.4, 0.5) is 11.4 Å². The highest BCUT2D eigenvalue weighted by molar-refractivity contribution is 6.00. The van der Waals surface area contributed by atoms with E-state index in [4.69, 9.17) is 4.74 Å². The SMILES string of the molecule is Cc1cccc(NC(=O)COC(=O)[C@@H]2CC(=O)N(c3cccc(C)c3)C2)c1. The third kappa shape index (κ3) is 4.73. The van der Waals surface area contributed by atoms with E-state index in [2.05, 4.69) is 5.32 Å². The first-order valence-electron chi connectivity index (χ1n) is 8.82. The maximum Gasteiger partial charge on any atom is 0.311 e. The molecule has 1 fully saturated rings. The second kappa shape index (κ2) is 8.03. The Morgan fingerprint density at radius 2 is 1.81 bits per heavy atom. The predicted octanol–water partition coefficient (Wildman–Crippen LogP) is 2.84. The van der Waals surface area contributed by atoms with Crippen molar-refractivity contribution in [1.29, 1.82) is 0 Å². The van der Waals surface area contributed by atoms with Crippen LogP contribution in [-0.2, 0) is 19.1 Å². The van der Waals surface area contributed by atoms with E-state index < -0.39 is 17.8 Å². The molecule has 0 saturated carbocycles. The minimum Gasteiger partial charge on any atom is -0.455 e. The molecule has 2 aromatic carbocycles. The molecular weight excluding hydrogens is 344 g/mol. The minimum atomic E-state index is -0.565. The highest BCUT2D eigenvalue weighted by Crippen LogP contribution is 2.26. The van der Waals surface area contributed by atoms with Gasteiger partial charge in [-0.3, -0.25) is 14.4 Å². The summed E-state index contributed by atoms with van der Waals surface area (Å²) in [6.07, 6.45) is 0.0896. The second-order valence-corrected chi connectivity index (χ2v) is 6.77. The first-order chi connectivity index (χ1) is 12.9. The first kappa shape index (κ1) is 18.6. The summed E-state index contributed by atoms with van der Waals surface area (Å²) in [7, 11) is 0. The van der Waals surface area contributed by atoms with Crippen LogP contribution in [0.2, 0.25) is 0 Å². The zero-order valence-corrected chi connectivity index (χ0v) is 15.4. The number of hydrogen-bond donors (Lipinski definition) is 1. The molecule has 0 aromatic heterocycles. The van der Waals surface area contributed by atoms with E-state index in [1.165, 1.54) is 0 Å². The molecule has 6 heteroatoms. The van der Waals surface area contributed by atoms with Gasteiger partial charge in [0, 0.05) is 24.3 Å². The van der Waals surface area contributed by atoms with Crippen LogP contribution in [0.25, 0.3) is 0 Å². The number of rotatable bonds is 5. The Morgan fingerprint density at radius 1 is 1.11 bits per heavy atom. The van der Waals surface area contributed by atoms with Crippen LogP contribution in [0.3, 0.4) is 0 Å². The number of esters is 1. The highest BCUT2D eigenvalue weighted by atomic mass is 16.5. The van der Waals surface area contributed by atoms with Gasteiger partial charge in [-0.2, -0.15) is 0 Å². The molecule has 27 heavy (non-hydrogen) atoms. The van der Waals surface area contributed by atoms with Gasteiger partial charge in [-0.05, 0) is 49.2 Å². The van der Waals surface area contributed by atoms with Crippen LogP contribution in [0.15, 0.2) is 48.5 Å². The lowest BCUT2D eigenvalue weighted by Gasteiger charge is -2.17. The van der Waals surface area contributed by atoms with Crippen molar-refractivity contribution < 1.29 is 19.1 Å². The smallest absolute Gasteiger partial charge is 0.311 e. The normalized spacial score (nSPS) is 16.3. The second-order valence-electron chi connectivity index (χ2n) is 6.77. The summed E-state index contributed by atoms with van der Waals surface area (Å²) in [5.41, 5.74) is 3.48. The van der Waals surface area contributed by atoms with Crippen molar-refractivity contribution in [1.82, 2.24) is 0 Å². The number of anilines is 2. The molecule has 1 atom stereocenters. The lowest BCUT2D eigenvalue weighted by molar-refractivity contribution is -0.151. The van der Waals surface area contributed by atoms with Gasteiger partial charge < -0.3 is 15.0 Å².